The largest absolute Gasteiger partial charge is 0.489 e. The second kappa shape index (κ2) is 8.41. The number of aromatic carboxylic acids is 1. The molecule has 0 radical (unpaired) electrons. The van der Waals surface area contributed by atoms with Crippen LogP contribution in [-0.2, 0) is 13.2 Å². The van der Waals surface area contributed by atoms with E-state index >= 15 is 0 Å². The van der Waals surface area contributed by atoms with E-state index in [0.717, 1.165) is 22.6 Å². The van der Waals surface area contributed by atoms with Crippen molar-refractivity contribution in [3.63, 3.8) is 0 Å². The number of carbonyl (C=O) groups is 1. The van der Waals surface area contributed by atoms with Gasteiger partial charge in [0.05, 0.1) is 5.56 Å². The maximum atomic E-state index is 11.0. The Labute approximate surface area is 157 Å². The van der Waals surface area contributed by atoms with E-state index in [4.69, 9.17) is 21.4 Å². The van der Waals surface area contributed by atoms with Gasteiger partial charge in [0.2, 0.25) is 0 Å². The molecule has 0 amide bonds. The molecule has 3 aromatic carbocycles. The fraction of sp³-hybridized carbons (Fsp3) is 0.0952. The lowest BCUT2D eigenvalue weighted by Gasteiger charge is -2.09. The highest BCUT2D eigenvalue weighted by Gasteiger charge is 2.03. The lowest BCUT2D eigenvalue weighted by molar-refractivity contribution is 0.0697. The highest BCUT2D eigenvalue weighted by molar-refractivity contribution is 6.30. The average Bonchev–Trinajstić information content (AvgIpc) is 2.66. The van der Waals surface area contributed by atoms with Crippen LogP contribution < -0.4 is 10.1 Å². The number of halogens is 1. The van der Waals surface area contributed by atoms with E-state index in [0.29, 0.717) is 18.2 Å². The third-order valence-electron chi connectivity index (χ3n) is 3.82. The van der Waals surface area contributed by atoms with Gasteiger partial charge in [-0.3, -0.25) is 0 Å². The van der Waals surface area contributed by atoms with Crippen molar-refractivity contribution in [3.8, 4) is 5.75 Å². The molecule has 2 N–H and O–H groups in total. The van der Waals surface area contributed by atoms with Gasteiger partial charge in [-0.1, -0.05) is 41.9 Å². The van der Waals surface area contributed by atoms with Gasteiger partial charge in [0.15, 0.2) is 0 Å². The monoisotopic (exact) mass is 367 g/mol. The number of carboxylic acids is 1. The van der Waals surface area contributed by atoms with Gasteiger partial charge in [-0.05, 0) is 53.6 Å². The molecule has 0 unspecified atom stereocenters. The summed E-state index contributed by atoms with van der Waals surface area (Å²) < 4.78 is 5.76. The first-order valence-electron chi connectivity index (χ1n) is 8.13. The molecule has 0 aliphatic carbocycles. The third-order valence-corrected chi connectivity index (χ3v) is 4.06. The minimum atomic E-state index is -0.935. The van der Waals surface area contributed by atoms with E-state index in [1.54, 1.807) is 18.2 Å². The van der Waals surface area contributed by atoms with E-state index < -0.39 is 5.97 Å². The zero-order valence-corrected chi connectivity index (χ0v) is 14.7. The summed E-state index contributed by atoms with van der Waals surface area (Å²) in [4.78, 5) is 11.0. The predicted molar refractivity (Wildman–Crippen MR) is 103 cm³/mol. The van der Waals surface area contributed by atoms with E-state index in [1.165, 1.54) is 0 Å². The first-order chi connectivity index (χ1) is 12.6. The van der Waals surface area contributed by atoms with Crippen LogP contribution in [0.1, 0.15) is 21.5 Å². The smallest absolute Gasteiger partial charge is 0.335 e. The Hall–Kier alpha value is -2.98. The van der Waals surface area contributed by atoms with Crippen molar-refractivity contribution >= 4 is 23.3 Å². The van der Waals surface area contributed by atoms with Crippen LogP contribution in [0.3, 0.4) is 0 Å². The number of hydrogen-bond acceptors (Lipinski definition) is 3. The summed E-state index contributed by atoms with van der Waals surface area (Å²) in [5, 5.41) is 12.9. The molecule has 0 saturated heterocycles. The highest BCUT2D eigenvalue weighted by atomic mass is 35.5. The lowest BCUT2D eigenvalue weighted by Crippen LogP contribution is -2.02. The summed E-state index contributed by atoms with van der Waals surface area (Å²) in [5.74, 6) is -0.156. The van der Waals surface area contributed by atoms with Crippen molar-refractivity contribution in [2.45, 2.75) is 13.2 Å². The van der Waals surface area contributed by atoms with Gasteiger partial charge in [-0.25, -0.2) is 4.79 Å². The molecule has 0 fully saturated rings. The first kappa shape index (κ1) is 17.8. The Morgan fingerprint density at radius 3 is 2.46 bits per heavy atom. The molecule has 0 heterocycles. The molecule has 0 aromatic heterocycles. The Kier molecular flexibility index (Phi) is 5.77. The molecule has 0 atom stereocenters. The minimum absolute atomic E-state index is 0.264. The van der Waals surface area contributed by atoms with E-state index in [-0.39, 0.29) is 5.56 Å². The zero-order chi connectivity index (χ0) is 18.4. The topological polar surface area (TPSA) is 58.6 Å². The van der Waals surface area contributed by atoms with Crippen LogP contribution >= 0.6 is 11.6 Å². The maximum Gasteiger partial charge on any atom is 0.335 e. The summed E-state index contributed by atoms with van der Waals surface area (Å²) >= 11 is 5.96. The summed E-state index contributed by atoms with van der Waals surface area (Å²) in [6.45, 7) is 1.05. The summed E-state index contributed by atoms with van der Waals surface area (Å²) in [7, 11) is 0. The van der Waals surface area contributed by atoms with Crippen LogP contribution in [0, 0.1) is 0 Å². The first-order valence-corrected chi connectivity index (χ1v) is 8.51. The number of anilines is 1. The second-order valence-electron chi connectivity index (χ2n) is 5.80. The molecule has 3 aromatic rings. The van der Waals surface area contributed by atoms with Gasteiger partial charge >= 0.3 is 5.97 Å². The normalized spacial score (nSPS) is 10.3. The second-order valence-corrected chi connectivity index (χ2v) is 6.24. The molecule has 3 rings (SSSR count). The van der Waals surface area contributed by atoms with Gasteiger partial charge in [0.1, 0.15) is 12.4 Å². The fourth-order valence-corrected chi connectivity index (χ4v) is 2.68. The van der Waals surface area contributed by atoms with Crippen molar-refractivity contribution in [3.05, 3.63) is 94.5 Å². The lowest BCUT2D eigenvalue weighted by atomic mass is 10.2. The Bertz CT molecular complexity index is 894. The molecular weight excluding hydrogens is 350 g/mol. The van der Waals surface area contributed by atoms with Crippen LogP contribution in [0.25, 0.3) is 0 Å². The molecule has 0 spiro atoms. The average molecular weight is 368 g/mol. The van der Waals surface area contributed by atoms with Crippen LogP contribution in [-0.4, -0.2) is 11.1 Å². The number of hydrogen-bond donors (Lipinski definition) is 2. The van der Waals surface area contributed by atoms with Gasteiger partial charge < -0.3 is 15.2 Å². The van der Waals surface area contributed by atoms with Crippen LogP contribution in [0.5, 0.6) is 5.75 Å². The maximum absolute atomic E-state index is 11.0. The van der Waals surface area contributed by atoms with Crippen molar-refractivity contribution in [1.29, 1.82) is 0 Å². The van der Waals surface area contributed by atoms with Crippen molar-refractivity contribution in [1.82, 2.24) is 0 Å². The quantitative estimate of drug-likeness (QED) is 0.600. The fourth-order valence-electron chi connectivity index (χ4n) is 2.46. The van der Waals surface area contributed by atoms with Crippen LogP contribution in [0.2, 0.25) is 5.02 Å². The zero-order valence-electron chi connectivity index (χ0n) is 14.0. The molecule has 4 nitrogen and oxygen atoms in total. The van der Waals surface area contributed by atoms with Crippen molar-refractivity contribution < 1.29 is 14.6 Å². The van der Waals surface area contributed by atoms with Crippen LogP contribution in [0.4, 0.5) is 5.69 Å². The SMILES string of the molecule is O=C(O)c1cccc(NCc2ccc(OCc3cccc(Cl)c3)cc2)c1. The minimum Gasteiger partial charge on any atom is -0.489 e. The van der Waals surface area contributed by atoms with Crippen molar-refractivity contribution in [2.75, 3.05) is 5.32 Å². The Morgan fingerprint density at radius 2 is 1.73 bits per heavy atom. The van der Waals surface area contributed by atoms with Gasteiger partial charge in [-0.2, -0.15) is 0 Å². The van der Waals surface area contributed by atoms with Gasteiger partial charge in [-0.15, -0.1) is 0 Å². The predicted octanol–water partition coefficient (Wildman–Crippen LogP) is 5.23. The molecule has 132 valence electrons. The Morgan fingerprint density at radius 1 is 0.962 bits per heavy atom. The summed E-state index contributed by atoms with van der Waals surface area (Å²) in [6.07, 6.45) is 0. The molecule has 26 heavy (non-hydrogen) atoms. The molecule has 0 aliphatic rings. The summed E-state index contributed by atoms with van der Waals surface area (Å²) in [5.41, 5.74) is 3.12. The molecule has 0 bridgehead atoms. The highest BCUT2D eigenvalue weighted by Crippen LogP contribution is 2.17. The molecule has 5 heteroatoms. The number of carboxylic acid groups (broad SMARTS) is 1. The Balaban J connectivity index is 1.54. The van der Waals surface area contributed by atoms with Crippen LogP contribution in [0.15, 0.2) is 72.8 Å². The van der Waals surface area contributed by atoms with E-state index in [9.17, 15) is 4.79 Å². The van der Waals surface area contributed by atoms with Gasteiger partial charge in [0, 0.05) is 17.3 Å². The van der Waals surface area contributed by atoms with E-state index in [1.807, 2.05) is 54.6 Å². The summed E-state index contributed by atoms with van der Waals surface area (Å²) in [6, 6.07) is 22.1. The number of nitrogens with one attached hydrogen (secondary N) is 1. The standard InChI is InChI=1S/C21H18ClNO3/c22-18-5-1-3-16(11-18)14-26-20-9-7-15(8-10-20)13-23-19-6-2-4-17(12-19)21(24)25/h1-12,23H,13-14H2,(H,24,25). The molecular formula is C21H18ClNO3. The molecule has 0 saturated carbocycles. The van der Waals surface area contributed by atoms with E-state index in [2.05, 4.69) is 5.32 Å². The number of benzene rings is 3. The van der Waals surface area contributed by atoms with Gasteiger partial charge in [0.25, 0.3) is 0 Å². The molecule has 0 aliphatic heterocycles. The third kappa shape index (κ3) is 5.01. The number of rotatable bonds is 7. The van der Waals surface area contributed by atoms with Crippen molar-refractivity contribution in [2.24, 2.45) is 0 Å². The number of ether oxygens (including phenoxy) is 1.